The van der Waals surface area contributed by atoms with Gasteiger partial charge in [0.25, 0.3) is 0 Å². The molecule has 4 saturated carbocycles. The summed E-state index contributed by atoms with van der Waals surface area (Å²) in [7, 11) is 0. The Morgan fingerprint density at radius 2 is 1.66 bits per heavy atom. The molecular formula is C36H56O5. The van der Waals surface area contributed by atoms with Gasteiger partial charge in [0.05, 0.1) is 25.7 Å². The van der Waals surface area contributed by atoms with Crippen molar-refractivity contribution in [2.75, 3.05) is 19.8 Å². The molecule has 230 valence electrons. The zero-order valence-corrected chi connectivity index (χ0v) is 27.2. The van der Waals surface area contributed by atoms with E-state index in [9.17, 15) is 9.59 Å². The Balaban J connectivity index is 1.36. The van der Waals surface area contributed by atoms with Crippen molar-refractivity contribution in [3.8, 4) is 0 Å². The minimum Gasteiger partial charge on any atom is -0.465 e. The summed E-state index contributed by atoms with van der Waals surface area (Å²) in [5, 5.41) is 0. The normalized spacial score (nSPS) is 45.6. The van der Waals surface area contributed by atoms with Crippen molar-refractivity contribution in [3.63, 3.8) is 0 Å². The first-order valence-corrected chi connectivity index (χ1v) is 16.9. The summed E-state index contributed by atoms with van der Waals surface area (Å²) >= 11 is 0. The van der Waals surface area contributed by atoms with E-state index in [-0.39, 0.29) is 56.7 Å². The lowest BCUT2D eigenvalue weighted by Gasteiger charge is -2.70. The molecule has 0 radical (unpaired) electrons. The first-order valence-electron chi connectivity index (χ1n) is 16.9. The lowest BCUT2D eigenvalue weighted by atomic mass is 9.34. The summed E-state index contributed by atoms with van der Waals surface area (Å²) in [6.07, 6.45) is 12.1. The second-order valence-corrected chi connectivity index (χ2v) is 17.0. The minimum absolute atomic E-state index is 0.000566. The highest BCUT2D eigenvalue weighted by atomic mass is 16.7. The molecule has 6 rings (SSSR count). The quantitative estimate of drug-likeness (QED) is 0.255. The standard InChI is InChI=1S/C36H56O5/c1-9-10-17-39-30(38)25-22-31(2,3)21-24-23(25)11-13-34(7)26(24)20-27(37)29-33(6)15-16-36(40-18-19-41-36)32(4,5)28(33)12-14-35(29,34)8/h20,23-25,28-29H,9-19,21-22H2,1-8H3/t23?,24?,25-,28?,29?,33+,34-,35-/m1/s1. The molecule has 41 heavy (non-hydrogen) atoms. The summed E-state index contributed by atoms with van der Waals surface area (Å²) < 4.78 is 18.6. The van der Waals surface area contributed by atoms with E-state index in [4.69, 9.17) is 14.2 Å². The Hall–Kier alpha value is -1.20. The van der Waals surface area contributed by atoms with Crippen molar-refractivity contribution in [2.24, 2.45) is 56.7 Å². The number of carbonyl (C=O) groups excluding carboxylic acids is 2. The fourth-order valence-electron chi connectivity index (χ4n) is 12.0. The predicted molar refractivity (Wildman–Crippen MR) is 160 cm³/mol. The van der Waals surface area contributed by atoms with Crippen LogP contribution in [0.2, 0.25) is 0 Å². The van der Waals surface area contributed by atoms with Crippen molar-refractivity contribution >= 4 is 11.8 Å². The number of hydrogen-bond acceptors (Lipinski definition) is 5. The van der Waals surface area contributed by atoms with E-state index in [2.05, 4.69) is 61.5 Å². The van der Waals surface area contributed by atoms with Crippen LogP contribution in [0.3, 0.4) is 0 Å². The maximum absolute atomic E-state index is 14.6. The van der Waals surface area contributed by atoms with E-state index < -0.39 is 5.79 Å². The molecule has 0 bridgehead atoms. The topological polar surface area (TPSA) is 61.8 Å². The summed E-state index contributed by atoms with van der Waals surface area (Å²) in [4.78, 5) is 28.1. The maximum atomic E-state index is 14.6. The highest BCUT2D eigenvalue weighted by molar-refractivity contribution is 5.95. The molecule has 5 aliphatic carbocycles. The number of unbranched alkanes of at least 4 members (excludes halogenated alkanes) is 1. The fourth-order valence-corrected chi connectivity index (χ4v) is 12.0. The summed E-state index contributed by atoms with van der Waals surface area (Å²) in [6, 6.07) is 0. The van der Waals surface area contributed by atoms with Crippen LogP contribution in [0.4, 0.5) is 0 Å². The number of esters is 1. The average molecular weight is 569 g/mol. The fraction of sp³-hybridized carbons (Fsp3) is 0.889. The van der Waals surface area contributed by atoms with Gasteiger partial charge in [0.1, 0.15) is 0 Å². The van der Waals surface area contributed by atoms with Gasteiger partial charge in [0.15, 0.2) is 11.6 Å². The SMILES string of the molecule is CCCCOC(=O)[C@@H]1CC(C)(C)CC2C3=CC(=O)C4[C@@]5(C)CCC6(OCCO6)C(C)(C)C5CC[C@@]4(C)[C@]3(C)CCC21. The van der Waals surface area contributed by atoms with Crippen molar-refractivity contribution in [1.82, 2.24) is 0 Å². The zero-order valence-electron chi connectivity index (χ0n) is 27.2. The van der Waals surface area contributed by atoms with Crippen molar-refractivity contribution in [2.45, 2.75) is 125 Å². The first kappa shape index (κ1) is 29.9. The van der Waals surface area contributed by atoms with Crippen LogP contribution in [0.5, 0.6) is 0 Å². The Labute approximate surface area is 248 Å². The van der Waals surface area contributed by atoms with E-state index in [1.807, 2.05) is 0 Å². The lowest BCUT2D eigenvalue weighted by Crippen LogP contribution is -2.68. The van der Waals surface area contributed by atoms with Gasteiger partial charge in [-0.2, -0.15) is 0 Å². The van der Waals surface area contributed by atoms with Crippen LogP contribution in [0.25, 0.3) is 0 Å². The van der Waals surface area contributed by atoms with Gasteiger partial charge >= 0.3 is 5.97 Å². The predicted octanol–water partition coefficient (Wildman–Crippen LogP) is 7.91. The lowest BCUT2D eigenvalue weighted by molar-refractivity contribution is -0.303. The van der Waals surface area contributed by atoms with Gasteiger partial charge in [-0.15, -0.1) is 0 Å². The Morgan fingerprint density at radius 1 is 0.951 bits per heavy atom. The summed E-state index contributed by atoms with van der Waals surface area (Å²) in [5.41, 5.74) is 1.04. The highest BCUT2D eigenvalue weighted by Crippen LogP contribution is 2.75. The third-order valence-electron chi connectivity index (χ3n) is 14.1. The third kappa shape index (κ3) is 4.06. The van der Waals surface area contributed by atoms with E-state index in [0.29, 0.717) is 31.5 Å². The number of ketones is 1. The number of rotatable bonds is 4. The van der Waals surface area contributed by atoms with Gasteiger partial charge in [-0.05, 0) is 96.9 Å². The second-order valence-electron chi connectivity index (χ2n) is 17.0. The van der Waals surface area contributed by atoms with Crippen LogP contribution in [0.15, 0.2) is 11.6 Å². The van der Waals surface area contributed by atoms with E-state index in [1.165, 1.54) is 5.57 Å². The minimum atomic E-state index is -0.514. The molecule has 0 N–H and O–H groups in total. The monoisotopic (exact) mass is 568 g/mol. The summed E-state index contributed by atoms with van der Waals surface area (Å²) in [5.74, 6) is 0.693. The number of fused-ring (bicyclic) bond motifs is 7. The van der Waals surface area contributed by atoms with Gasteiger partial charge in [-0.3, -0.25) is 9.59 Å². The van der Waals surface area contributed by atoms with Crippen molar-refractivity contribution in [3.05, 3.63) is 11.6 Å². The van der Waals surface area contributed by atoms with Crippen LogP contribution in [0, 0.1) is 56.7 Å². The molecule has 5 fully saturated rings. The van der Waals surface area contributed by atoms with Crippen LogP contribution in [-0.4, -0.2) is 37.4 Å². The summed E-state index contributed by atoms with van der Waals surface area (Å²) in [6.45, 7) is 20.7. The molecule has 5 heteroatoms. The van der Waals surface area contributed by atoms with E-state index in [0.717, 1.165) is 64.2 Å². The molecule has 0 amide bonds. The Kier molecular flexibility index (Phi) is 7.03. The molecule has 0 aromatic rings. The number of carbonyl (C=O) groups is 2. The van der Waals surface area contributed by atoms with E-state index >= 15 is 0 Å². The van der Waals surface area contributed by atoms with Crippen LogP contribution in [-0.2, 0) is 23.8 Å². The largest absolute Gasteiger partial charge is 0.465 e. The maximum Gasteiger partial charge on any atom is 0.309 e. The molecule has 1 saturated heterocycles. The third-order valence-corrected chi connectivity index (χ3v) is 14.1. The van der Waals surface area contributed by atoms with E-state index in [1.54, 1.807) is 0 Å². The molecule has 6 aliphatic rings. The molecule has 1 heterocycles. The molecule has 1 spiro atoms. The Bertz CT molecular complexity index is 1110. The van der Waals surface area contributed by atoms with Gasteiger partial charge < -0.3 is 14.2 Å². The van der Waals surface area contributed by atoms with Crippen molar-refractivity contribution < 1.29 is 23.8 Å². The second kappa shape index (κ2) is 9.65. The average Bonchev–Trinajstić information content (AvgIpc) is 3.38. The van der Waals surface area contributed by atoms with Gasteiger partial charge in [0, 0.05) is 17.8 Å². The molecule has 0 aromatic heterocycles. The van der Waals surface area contributed by atoms with Crippen LogP contribution < -0.4 is 0 Å². The molecule has 1 aliphatic heterocycles. The van der Waals surface area contributed by atoms with Gasteiger partial charge in [0.2, 0.25) is 0 Å². The van der Waals surface area contributed by atoms with Gasteiger partial charge in [-0.1, -0.05) is 67.4 Å². The molecule has 4 unspecified atom stereocenters. The molecular weight excluding hydrogens is 512 g/mol. The molecule has 5 nitrogen and oxygen atoms in total. The van der Waals surface area contributed by atoms with Crippen molar-refractivity contribution in [1.29, 1.82) is 0 Å². The van der Waals surface area contributed by atoms with Crippen LogP contribution >= 0.6 is 0 Å². The number of hydrogen-bond donors (Lipinski definition) is 0. The molecule has 0 aromatic carbocycles. The van der Waals surface area contributed by atoms with Gasteiger partial charge in [-0.25, -0.2) is 0 Å². The van der Waals surface area contributed by atoms with Crippen LogP contribution in [0.1, 0.15) is 120 Å². The smallest absolute Gasteiger partial charge is 0.309 e. The number of allylic oxidation sites excluding steroid dienone is 2. The highest BCUT2D eigenvalue weighted by Gasteiger charge is 2.72. The molecule has 8 atom stereocenters. The first-order chi connectivity index (χ1) is 19.2. The Morgan fingerprint density at radius 3 is 2.34 bits per heavy atom. The number of ether oxygens (including phenoxy) is 3. The zero-order chi connectivity index (χ0) is 29.6.